The van der Waals surface area contributed by atoms with E-state index in [1.807, 2.05) is 24.1 Å². The molecule has 0 aromatic carbocycles. The van der Waals surface area contributed by atoms with E-state index >= 15 is 0 Å². The fourth-order valence-electron chi connectivity index (χ4n) is 1.52. The zero-order valence-corrected chi connectivity index (χ0v) is 11.4. The molecule has 0 aliphatic rings. The van der Waals surface area contributed by atoms with Gasteiger partial charge in [0.05, 0.1) is 6.20 Å². The number of aryl methyl sites for hydroxylation is 1. The summed E-state index contributed by atoms with van der Waals surface area (Å²) < 4.78 is 1.81. The fourth-order valence-corrected chi connectivity index (χ4v) is 2.37. The Hall–Kier alpha value is -0.250. The molecule has 0 radical (unpaired) electrons. The van der Waals surface area contributed by atoms with E-state index in [0.717, 1.165) is 19.4 Å². The standard InChI is InChI=1S/C11H19Cl2N3/c1-3-11(8-12,9-13)14-5-4-10-6-15-16(2)7-10/h6-7,14H,3-5,8-9H2,1-2H3. The summed E-state index contributed by atoms with van der Waals surface area (Å²) in [6, 6.07) is 0. The van der Waals surface area contributed by atoms with E-state index in [-0.39, 0.29) is 5.54 Å². The monoisotopic (exact) mass is 263 g/mol. The van der Waals surface area contributed by atoms with Crippen LogP contribution in [0.4, 0.5) is 0 Å². The van der Waals surface area contributed by atoms with Gasteiger partial charge in [0.1, 0.15) is 0 Å². The van der Waals surface area contributed by atoms with Gasteiger partial charge in [0.2, 0.25) is 0 Å². The molecule has 92 valence electrons. The topological polar surface area (TPSA) is 29.9 Å². The molecule has 0 fully saturated rings. The summed E-state index contributed by atoms with van der Waals surface area (Å²) in [6.45, 7) is 2.97. The summed E-state index contributed by atoms with van der Waals surface area (Å²) in [7, 11) is 1.92. The van der Waals surface area contributed by atoms with Crippen molar-refractivity contribution in [2.45, 2.75) is 25.3 Å². The van der Waals surface area contributed by atoms with Gasteiger partial charge in [0.15, 0.2) is 0 Å². The van der Waals surface area contributed by atoms with Gasteiger partial charge < -0.3 is 5.32 Å². The zero-order chi connectivity index (χ0) is 12.0. The first kappa shape index (κ1) is 13.8. The maximum absolute atomic E-state index is 5.95. The minimum atomic E-state index is -0.134. The minimum absolute atomic E-state index is 0.134. The lowest BCUT2D eigenvalue weighted by Crippen LogP contribution is -2.49. The Morgan fingerprint density at radius 3 is 2.56 bits per heavy atom. The van der Waals surface area contributed by atoms with Crippen LogP contribution in [0.15, 0.2) is 12.4 Å². The van der Waals surface area contributed by atoms with Gasteiger partial charge in [-0.05, 0) is 24.9 Å². The Morgan fingerprint density at radius 2 is 2.12 bits per heavy atom. The van der Waals surface area contributed by atoms with E-state index in [0.29, 0.717) is 11.8 Å². The molecule has 16 heavy (non-hydrogen) atoms. The van der Waals surface area contributed by atoms with Crippen molar-refractivity contribution in [3.8, 4) is 0 Å². The molecule has 0 unspecified atom stereocenters. The molecular formula is C11H19Cl2N3. The summed E-state index contributed by atoms with van der Waals surface area (Å²) in [6.07, 6.45) is 5.80. The van der Waals surface area contributed by atoms with Crippen molar-refractivity contribution in [1.29, 1.82) is 0 Å². The van der Waals surface area contributed by atoms with E-state index in [9.17, 15) is 0 Å². The summed E-state index contributed by atoms with van der Waals surface area (Å²) in [5.74, 6) is 1.08. The lowest BCUT2D eigenvalue weighted by atomic mass is 10.0. The van der Waals surface area contributed by atoms with E-state index < -0.39 is 0 Å². The number of aromatic nitrogens is 2. The number of rotatable bonds is 7. The largest absolute Gasteiger partial charge is 0.309 e. The number of hydrogen-bond donors (Lipinski definition) is 1. The summed E-state index contributed by atoms with van der Waals surface area (Å²) in [5, 5.41) is 7.57. The van der Waals surface area contributed by atoms with Crippen LogP contribution in [0, 0.1) is 0 Å². The van der Waals surface area contributed by atoms with Gasteiger partial charge in [-0.25, -0.2) is 0 Å². The molecular weight excluding hydrogens is 245 g/mol. The maximum atomic E-state index is 5.95. The summed E-state index contributed by atoms with van der Waals surface area (Å²) in [5.41, 5.74) is 1.09. The molecule has 1 N–H and O–H groups in total. The van der Waals surface area contributed by atoms with Crippen LogP contribution in [0.25, 0.3) is 0 Å². The second kappa shape index (κ2) is 6.48. The van der Waals surface area contributed by atoms with E-state index in [2.05, 4.69) is 17.3 Å². The Morgan fingerprint density at radius 1 is 1.44 bits per heavy atom. The van der Waals surface area contributed by atoms with Crippen molar-refractivity contribution >= 4 is 23.2 Å². The second-order valence-corrected chi connectivity index (χ2v) is 4.63. The van der Waals surface area contributed by atoms with Crippen molar-refractivity contribution in [3.05, 3.63) is 18.0 Å². The number of nitrogens with one attached hydrogen (secondary N) is 1. The Balaban J connectivity index is 2.39. The zero-order valence-electron chi connectivity index (χ0n) is 9.84. The number of nitrogens with zero attached hydrogens (tertiary/aromatic N) is 2. The molecule has 1 rings (SSSR count). The van der Waals surface area contributed by atoms with Crippen molar-refractivity contribution in [2.75, 3.05) is 18.3 Å². The molecule has 0 aliphatic heterocycles. The Kier molecular flexibility index (Phi) is 5.59. The van der Waals surface area contributed by atoms with E-state index in [1.54, 1.807) is 0 Å². The molecule has 0 amide bonds. The Labute approximate surface area is 107 Å². The van der Waals surface area contributed by atoms with Crippen molar-refractivity contribution in [1.82, 2.24) is 15.1 Å². The lowest BCUT2D eigenvalue weighted by molar-refractivity contribution is 0.390. The summed E-state index contributed by atoms with van der Waals surface area (Å²) >= 11 is 11.9. The number of hydrogen-bond acceptors (Lipinski definition) is 2. The van der Waals surface area contributed by atoms with E-state index in [1.165, 1.54) is 5.56 Å². The van der Waals surface area contributed by atoms with E-state index in [4.69, 9.17) is 23.2 Å². The molecule has 0 saturated heterocycles. The van der Waals surface area contributed by atoms with Crippen LogP contribution in [0.3, 0.4) is 0 Å². The molecule has 0 bridgehead atoms. The third kappa shape index (κ3) is 3.65. The highest BCUT2D eigenvalue weighted by Crippen LogP contribution is 2.14. The first-order chi connectivity index (χ1) is 7.65. The molecule has 0 spiro atoms. The number of halogens is 2. The molecule has 1 aromatic heterocycles. The van der Waals surface area contributed by atoms with Crippen LogP contribution in [-0.4, -0.2) is 33.6 Å². The van der Waals surface area contributed by atoms with Crippen LogP contribution in [-0.2, 0) is 13.5 Å². The first-order valence-electron chi connectivity index (χ1n) is 5.50. The van der Waals surface area contributed by atoms with Gasteiger partial charge in [0, 0.05) is 30.5 Å². The molecule has 0 aliphatic carbocycles. The van der Waals surface area contributed by atoms with Gasteiger partial charge in [-0.2, -0.15) is 5.10 Å². The normalized spacial score (nSPS) is 12.0. The average molecular weight is 264 g/mol. The van der Waals surface area contributed by atoms with Crippen LogP contribution >= 0.6 is 23.2 Å². The molecule has 1 aromatic rings. The maximum Gasteiger partial charge on any atom is 0.0522 e. The van der Waals surface area contributed by atoms with Gasteiger partial charge >= 0.3 is 0 Å². The lowest BCUT2D eigenvalue weighted by Gasteiger charge is -2.29. The molecule has 5 heteroatoms. The third-order valence-corrected chi connectivity index (χ3v) is 3.88. The van der Waals surface area contributed by atoms with Crippen molar-refractivity contribution in [2.24, 2.45) is 7.05 Å². The molecule has 3 nitrogen and oxygen atoms in total. The predicted octanol–water partition coefficient (Wildman–Crippen LogP) is 2.18. The molecule has 1 heterocycles. The SMILES string of the molecule is CCC(CCl)(CCl)NCCc1cnn(C)c1. The number of alkyl halides is 2. The van der Waals surface area contributed by atoms with Crippen molar-refractivity contribution < 1.29 is 0 Å². The van der Waals surface area contributed by atoms with Crippen LogP contribution in [0.2, 0.25) is 0 Å². The van der Waals surface area contributed by atoms with Crippen LogP contribution < -0.4 is 5.32 Å². The highest BCUT2D eigenvalue weighted by Gasteiger charge is 2.24. The van der Waals surface area contributed by atoms with Crippen LogP contribution in [0.5, 0.6) is 0 Å². The minimum Gasteiger partial charge on any atom is -0.309 e. The fraction of sp³-hybridized carbons (Fsp3) is 0.727. The van der Waals surface area contributed by atoms with Gasteiger partial charge in [-0.15, -0.1) is 23.2 Å². The molecule has 0 saturated carbocycles. The van der Waals surface area contributed by atoms with Gasteiger partial charge in [0.25, 0.3) is 0 Å². The quantitative estimate of drug-likeness (QED) is 0.765. The first-order valence-corrected chi connectivity index (χ1v) is 6.57. The summed E-state index contributed by atoms with van der Waals surface area (Å²) in [4.78, 5) is 0. The van der Waals surface area contributed by atoms with Gasteiger partial charge in [-0.3, -0.25) is 4.68 Å². The smallest absolute Gasteiger partial charge is 0.0522 e. The van der Waals surface area contributed by atoms with Gasteiger partial charge in [-0.1, -0.05) is 6.92 Å². The molecule has 0 atom stereocenters. The highest BCUT2D eigenvalue weighted by molar-refractivity contribution is 6.22. The highest BCUT2D eigenvalue weighted by atomic mass is 35.5. The Bertz CT molecular complexity index is 300. The van der Waals surface area contributed by atoms with Crippen molar-refractivity contribution in [3.63, 3.8) is 0 Å². The second-order valence-electron chi connectivity index (χ2n) is 4.10. The average Bonchev–Trinajstić information content (AvgIpc) is 2.71. The predicted molar refractivity (Wildman–Crippen MR) is 69.4 cm³/mol. The van der Waals surface area contributed by atoms with Crippen LogP contribution in [0.1, 0.15) is 18.9 Å². The third-order valence-electron chi connectivity index (χ3n) is 2.86.